The summed E-state index contributed by atoms with van der Waals surface area (Å²) in [5.74, 6) is 1.44. The molecule has 25 heavy (non-hydrogen) atoms. The average Bonchev–Trinajstić information content (AvgIpc) is 3.11. The molecular formula is C20H18N2O3. The molecule has 1 amide bonds. The fraction of sp³-hybridized carbons (Fsp3) is 0.200. The number of carbonyl (C=O) groups is 1. The highest BCUT2D eigenvalue weighted by atomic mass is 16.4. The maximum atomic E-state index is 12.7. The molecule has 1 aliphatic heterocycles. The highest BCUT2D eigenvalue weighted by Crippen LogP contribution is 2.26. The van der Waals surface area contributed by atoms with E-state index in [0.717, 1.165) is 22.6 Å². The van der Waals surface area contributed by atoms with Gasteiger partial charge < -0.3 is 14.4 Å². The van der Waals surface area contributed by atoms with E-state index in [1.54, 1.807) is 29.2 Å². The standard InChI is InChI=1S/C20H18N2O3/c23-13-14-6-8-16(9-7-14)20(24)22-11-10-18-17(12-22)21-19(25-18)15-4-2-1-3-5-15/h1-9,23H,10-13H2. The van der Waals surface area contributed by atoms with Crippen molar-refractivity contribution in [2.24, 2.45) is 0 Å². The van der Waals surface area contributed by atoms with Crippen LogP contribution >= 0.6 is 0 Å². The Hall–Kier alpha value is -2.92. The number of oxazole rings is 1. The third-order valence-corrected chi connectivity index (χ3v) is 4.42. The molecule has 3 aromatic rings. The average molecular weight is 334 g/mol. The van der Waals surface area contributed by atoms with Crippen molar-refractivity contribution in [2.45, 2.75) is 19.6 Å². The molecule has 2 aromatic carbocycles. The fourth-order valence-electron chi connectivity index (χ4n) is 3.01. The molecule has 5 nitrogen and oxygen atoms in total. The molecule has 0 saturated heterocycles. The normalized spacial score (nSPS) is 13.6. The molecule has 5 heteroatoms. The molecule has 0 aliphatic carbocycles. The number of carbonyl (C=O) groups excluding carboxylic acids is 1. The number of aliphatic hydroxyl groups is 1. The van der Waals surface area contributed by atoms with Gasteiger partial charge >= 0.3 is 0 Å². The van der Waals surface area contributed by atoms with Crippen molar-refractivity contribution < 1.29 is 14.3 Å². The highest BCUT2D eigenvalue weighted by molar-refractivity contribution is 5.94. The van der Waals surface area contributed by atoms with E-state index in [-0.39, 0.29) is 12.5 Å². The lowest BCUT2D eigenvalue weighted by Gasteiger charge is -2.25. The summed E-state index contributed by atoms with van der Waals surface area (Å²) in [4.78, 5) is 19.1. The molecule has 0 saturated carbocycles. The summed E-state index contributed by atoms with van der Waals surface area (Å²) in [6, 6.07) is 16.8. The van der Waals surface area contributed by atoms with Gasteiger partial charge in [0.2, 0.25) is 5.89 Å². The Labute approximate surface area is 145 Å². The van der Waals surface area contributed by atoms with Gasteiger partial charge in [-0.15, -0.1) is 0 Å². The number of aliphatic hydroxyl groups excluding tert-OH is 1. The molecule has 0 radical (unpaired) electrons. The smallest absolute Gasteiger partial charge is 0.254 e. The maximum Gasteiger partial charge on any atom is 0.254 e. The van der Waals surface area contributed by atoms with E-state index in [4.69, 9.17) is 9.52 Å². The number of aromatic nitrogens is 1. The Morgan fingerprint density at radius 2 is 1.88 bits per heavy atom. The predicted octanol–water partition coefficient (Wildman–Crippen LogP) is 3.03. The van der Waals surface area contributed by atoms with Gasteiger partial charge in [0.25, 0.3) is 5.91 Å². The Morgan fingerprint density at radius 1 is 1.12 bits per heavy atom. The van der Waals surface area contributed by atoms with Gasteiger partial charge in [0.15, 0.2) is 0 Å². The van der Waals surface area contributed by atoms with Gasteiger partial charge in [-0.3, -0.25) is 4.79 Å². The highest BCUT2D eigenvalue weighted by Gasteiger charge is 2.26. The zero-order chi connectivity index (χ0) is 17.2. The lowest BCUT2D eigenvalue weighted by Crippen LogP contribution is -2.35. The fourth-order valence-corrected chi connectivity index (χ4v) is 3.01. The van der Waals surface area contributed by atoms with Gasteiger partial charge in [-0.25, -0.2) is 4.98 Å². The molecule has 4 rings (SSSR count). The topological polar surface area (TPSA) is 66.6 Å². The van der Waals surface area contributed by atoms with Gasteiger partial charge in [-0.05, 0) is 29.8 Å². The number of hydrogen-bond donors (Lipinski definition) is 1. The molecular weight excluding hydrogens is 316 g/mol. The predicted molar refractivity (Wildman–Crippen MR) is 92.7 cm³/mol. The van der Waals surface area contributed by atoms with Crippen LogP contribution in [-0.4, -0.2) is 27.4 Å². The van der Waals surface area contributed by atoms with E-state index in [9.17, 15) is 4.79 Å². The second-order valence-corrected chi connectivity index (χ2v) is 6.09. The summed E-state index contributed by atoms with van der Waals surface area (Å²) >= 11 is 0. The molecule has 0 bridgehead atoms. The van der Waals surface area contributed by atoms with E-state index in [0.29, 0.717) is 31.0 Å². The van der Waals surface area contributed by atoms with Crippen molar-refractivity contribution in [3.8, 4) is 11.5 Å². The largest absolute Gasteiger partial charge is 0.441 e. The first-order valence-electron chi connectivity index (χ1n) is 8.27. The Bertz CT molecular complexity index is 885. The van der Waals surface area contributed by atoms with E-state index in [1.807, 2.05) is 30.3 Å². The molecule has 0 unspecified atom stereocenters. The molecule has 1 aliphatic rings. The SMILES string of the molecule is O=C(c1ccc(CO)cc1)N1CCc2oc(-c3ccccc3)nc2C1. The number of fused-ring (bicyclic) bond motifs is 1. The third kappa shape index (κ3) is 3.06. The Morgan fingerprint density at radius 3 is 2.60 bits per heavy atom. The van der Waals surface area contributed by atoms with Crippen LogP contribution in [0, 0.1) is 0 Å². The molecule has 0 spiro atoms. The third-order valence-electron chi connectivity index (χ3n) is 4.42. The Kier molecular flexibility index (Phi) is 4.07. The van der Waals surface area contributed by atoms with Gasteiger partial charge in [0.05, 0.1) is 13.2 Å². The quantitative estimate of drug-likeness (QED) is 0.799. The zero-order valence-electron chi connectivity index (χ0n) is 13.7. The van der Waals surface area contributed by atoms with Crippen LogP contribution in [0.5, 0.6) is 0 Å². The van der Waals surface area contributed by atoms with Crippen molar-refractivity contribution in [3.05, 3.63) is 77.2 Å². The van der Waals surface area contributed by atoms with E-state index < -0.39 is 0 Å². The van der Waals surface area contributed by atoms with Crippen molar-refractivity contribution in [1.29, 1.82) is 0 Å². The summed E-state index contributed by atoms with van der Waals surface area (Å²) < 4.78 is 5.88. The van der Waals surface area contributed by atoms with Gasteiger partial charge in [0.1, 0.15) is 11.5 Å². The van der Waals surface area contributed by atoms with Crippen molar-refractivity contribution in [3.63, 3.8) is 0 Å². The first kappa shape index (κ1) is 15.6. The molecule has 1 N–H and O–H groups in total. The second kappa shape index (κ2) is 6.53. The van der Waals surface area contributed by atoms with Crippen LogP contribution in [0.25, 0.3) is 11.5 Å². The van der Waals surface area contributed by atoms with E-state index in [2.05, 4.69) is 4.98 Å². The zero-order valence-corrected chi connectivity index (χ0v) is 13.7. The summed E-state index contributed by atoms with van der Waals surface area (Å²) in [5, 5.41) is 9.11. The molecule has 1 aromatic heterocycles. The lowest BCUT2D eigenvalue weighted by molar-refractivity contribution is 0.0728. The van der Waals surface area contributed by atoms with Crippen LogP contribution in [0.15, 0.2) is 59.0 Å². The van der Waals surface area contributed by atoms with Gasteiger partial charge in [-0.2, -0.15) is 0 Å². The van der Waals surface area contributed by atoms with Crippen LogP contribution < -0.4 is 0 Å². The van der Waals surface area contributed by atoms with Crippen molar-refractivity contribution in [2.75, 3.05) is 6.54 Å². The minimum atomic E-state index is -0.0283. The van der Waals surface area contributed by atoms with Crippen LogP contribution in [0.2, 0.25) is 0 Å². The number of hydrogen-bond acceptors (Lipinski definition) is 4. The maximum absolute atomic E-state index is 12.7. The summed E-state index contributed by atoms with van der Waals surface area (Å²) in [6.07, 6.45) is 0.662. The van der Waals surface area contributed by atoms with E-state index >= 15 is 0 Å². The van der Waals surface area contributed by atoms with Crippen molar-refractivity contribution >= 4 is 5.91 Å². The van der Waals surface area contributed by atoms with Gasteiger partial charge in [-0.1, -0.05) is 30.3 Å². The first-order valence-corrected chi connectivity index (χ1v) is 8.27. The Balaban J connectivity index is 1.54. The molecule has 126 valence electrons. The van der Waals surface area contributed by atoms with E-state index in [1.165, 1.54) is 0 Å². The van der Waals surface area contributed by atoms with Crippen LogP contribution in [-0.2, 0) is 19.6 Å². The minimum Gasteiger partial charge on any atom is -0.441 e. The number of benzene rings is 2. The minimum absolute atomic E-state index is 0.0251. The number of amides is 1. The van der Waals surface area contributed by atoms with Crippen LogP contribution in [0.3, 0.4) is 0 Å². The summed E-state index contributed by atoms with van der Waals surface area (Å²) in [7, 11) is 0. The first-order chi connectivity index (χ1) is 12.2. The lowest BCUT2D eigenvalue weighted by atomic mass is 10.1. The molecule has 2 heterocycles. The number of rotatable bonds is 3. The second-order valence-electron chi connectivity index (χ2n) is 6.09. The van der Waals surface area contributed by atoms with Gasteiger partial charge in [0, 0.05) is 24.1 Å². The monoisotopic (exact) mass is 334 g/mol. The number of nitrogens with zero attached hydrogens (tertiary/aromatic N) is 2. The summed E-state index contributed by atoms with van der Waals surface area (Å²) in [5.41, 5.74) is 3.17. The van der Waals surface area contributed by atoms with Crippen LogP contribution in [0.1, 0.15) is 27.4 Å². The molecule has 0 fully saturated rings. The molecule has 0 atom stereocenters. The van der Waals surface area contributed by atoms with Crippen LogP contribution in [0.4, 0.5) is 0 Å². The van der Waals surface area contributed by atoms with Crippen molar-refractivity contribution in [1.82, 2.24) is 9.88 Å². The summed E-state index contributed by atoms with van der Waals surface area (Å²) in [6.45, 7) is 1.03.